The summed E-state index contributed by atoms with van der Waals surface area (Å²) in [4.78, 5) is 19.3. The third kappa shape index (κ3) is 3.75. The lowest BCUT2D eigenvalue weighted by atomic mass is 9.98. The van der Waals surface area contributed by atoms with Crippen LogP contribution in [0.4, 0.5) is 5.69 Å². The molecule has 0 aliphatic carbocycles. The average molecular weight is 373 g/mol. The number of amides is 1. The average Bonchev–Trinajstić information content (AvgIpc) is 2.74. The summed E-state index contributed by atoms with van der Waals surface area (Å²) in [6.07, 6.45) is 4.80. The van der Waals surface area contributed by atoms with Crippen LogP contribution >= 0.6 is 0 Å². The number of phenolic OH excluding ortho intramolecular Hbond substituents is 1. The highest BCUT2D eigenvalue weighted by molar-refractivity contribution is 6.02. The van der Waals surface area contributed by atoms with Crippen molar-refractivity contribution in [2.75, 3.05) is 18.4 Å². The van der Waals surface area contributed by atoms with E-state index in [1.807, 2.05) is 49.4 Å². The van der Waals surface area contributed by atoms with E-state index in [1.165, 1.54) is 5.57 Å². The van der Waals surface area contributed by atoms with Gasteiger partial charge in [0.2, 0.25) is 5.91 Å². The predicted octanol–water partition coefficient (Wildman–Crippen LogP) is 4.06. The van der Waals surface area contributed by atoms with E-state index in [9.17, 15) is 9.90 Å². The van der Waals surface area contributed by atoms with E-state index in [0.29, 0.717) is 0 Å². The number of fused-ring (bicyclic) bond motifs is 1. The number of nitrogens with zero attached hydrogens (tertiary/aromatic N) is 2. The monoisotopic (exact) mass is 373 g/mol. The Morgan fingerprint density at radius 1 is 1.14 bits per heavy atom. The molecule has 28 heavy (non-hydrogen) atoms. The Morgan fingerprint density at radius 2 is 1.96 bits per heavy atom. The molecule has 142 valence electrons. The van der Waals surface area contributed by atoms with Crippen molar-refractivity contribution in [3.05, 3.63) is 72.4 Å². The fraction of sp³-hybridized carbons (Fsp3) is 0.217. The fourth-order valence-corrected chi connectivity index (χ4v) is 3.59. The smallest absolute Gasteiger partial charge is 0.241 e. The van der Waals surface area contributed by atoms with E-state index >= 15 is 0 Å². The largest absolute Gasteiger partial charge is 0.508 e. The normalized spacial score (nSPS) is 15.8. The lowest BCUT2D eigenvalue weighted by Crippen LogP contribution is -2.44. The van der Waals surface area contributed by atoms with Crippen LogP contribution in [-0.4, -0.2) is 40.0 Å². The molecule has 5 heteroatoms. The molecular formula is C23H23N3O2. The van der Waals surface area contributed by atoms with Crippen molar-refractivity contribution in [1.82, 2.24) is 9.88 Å². The molecule has 0 radical (unpaired) electrons. The Morgan fingerprint density at radius 3 is 2.71 bits per heavy atom. The third-order valence-electron chi connectivity index (χ3n) is 5.31. The van der Waals surface area contributed by atoms with Gasteiger partial charge in [0.05, 0.1) is 17.2 Å². The molecule has 1 atom stereocenters. The summed E-state index contributed by atoms with van der Waals surface area (Å²) in [6.45, 7) is 3.48. The fourth-order valence-electron chi connectivity index (χ4n) is 3.59. The van der Waals surface area contributed by atoms with Gasteiger partial charge in [0.15, 0.2) is 0 Å². The number of rotatable bonds is 4. The Kier molecular flexibility index (Phi) is 5.08. The number of aromatic hydroxyl groups is 1. The highest BCUT2D eigenvalue weighted by Crippen LogP contribution is 2.26. The first-order chi connectivity index (χ1) is 13.6. The van der Waals surface area contributed by atoms with Crippen LogP contribution in [0.3, 0.4) is 0 Å². The van der Waals surface area contributed by atoms with E-state index in [2.05, 4.69) is 21.3 Å². The topological polar surface area (TPSA) is 65.5 Å². The summed E-state index contributed by atoms with van der Waals surface area (Å²) < 4.78 is 0. The number of carbonyl (C=O) groups is 1. The summed E-state index contributed by atoms with van der Waals surface area (Å²) in [7, 11) is 0. The lowest BCUT2D eigenvalue weighted by Gasteiger charge is -2.31. The number of aromatic nitrogens is 1. The summed E-state index contributed by atoms with van der Waals surface area (Å²) in [5.41, 5.74) is 4.04. The Bertz CT molecular complexity index is 1020. The number of phenols is 1. The van der Waals surface area contributed by atoms with Gasteiger partial charge in [0.1, 0.15) is 5.75 Å². The van der Waals surface area contributed by atoms with Crippen molar-refractivity contribution in [2.45, 2.75) is 19.4 Å². The standard InChI is InChI=1S/C23H23N3O2/c1-16(23(28)25-22-6-2-5-21-20(22)4-3-13-24-21)26-14-11-18(12-15-26)17-7-9-19(27)10-8-17/h2-11,13,16,27H,12,14-15H2,1H3,(H,25,28). The van der Waals surface area contributed by atoms with Gasteiger partial charge in [-0.3, -0.25) is 14.7 Å². The zero-order valence-electron chi connectivity index (χ0n) is 15.8. The maximum absolute atomic E-state index is 12.8. The molecule has 4 rings (SSSR count). The summed E-state index contributed by atoms with van der Waals surface area (Å²) in [5, 5.41) is 13.4. The third-order valence-corrected chi connectivity index (χ3v) is 5.31. The highest BCUT2D eigenvalue weighted by atomic mass is 16.3. The zero-order chi connectivity index (χ0) is 19.5. The molecule has 0 saturated heterocycles. The number of anilines is 1. The van der Waals surface area contributed by atoms with E-state index in [1.54, 1.807) is 18.3 Å². The molecule has 1 aliphatic heterocycles. The second-order valence-corrected chi connectivity index (χ2v) is 7.06. The van der Waals surface area contributed by atoms with Gasteiger partial charge in [0, 0.05) is 24.7 Å². The maximum atomic E-state index is 12.8. The van der Waals surface area contributed by atoms with E-state index in [4.69, 9.17) is 0 Å². The first kappa shape index (κ1) is 18.2. The van der Waals surface area contributed by atoms with Gasteiger partial charge in [-0.2, -0.15) is 0 Å². The molecule has 0 spiro atoms. The minimum absolute atomic E-state index is 0.0159. The minimum atomic E-state index is -0.232. The van der Waals surface area contributed by atoms with Gasteiger partial charge in [-0.1, -0.05) is 24.3 Å². The first-order valence-electron chi connectivity index (χ1n) is 9.49. The molecule has 1 aliphatic rings. The van der Waals surface area contributed by atoms with Crippen molar-refractivity contribution in [3.63, 3.8) is 0 Å². The Labute approximate surface area is 164 Å². The van der Waals surface area contributed by atoms with Crippen molar-refractivity contribution in [3.8, 4) is 5.75 Å². The summed E-state index contributed by atoms with van der Waals surface area (Å²) in [6, 6.07) is 16.6. The number of benzene rings is 2. The van der Waals surface area contributed by atoms with E-state index < -0.39 is 0 Å². The number of hydrogen-bond acceptors (Lipinski definition) is 4. The van der Waals surface area contributed by atoms with Gasteiger partial charge in [-0.05, 0) is 60.9 Å². The first-order valence-corrected chi connectivity index (χ1v) is 9.49. The van der Waals surface area contributed by atoms with Gasteiger partial charge in [-0.25, -0.2) is 0 Å². The molecule has 5 nitrogen and oxygen atoms in total. The maximum Gasteiger partial charge on any atom is 0.241 e. The van der Waals surface area contributed by atoms with Crippen LogP contribution in [0.1, 0.15) is 18.9 Å². The number of carbonyl (C=O) groups excluding carboxylic acids is 1. The van der Waals surface area contributed by atoms with Crippen LogP contribution in [0.25, 0.3) is 16.5 Å². The molecule has 2 aromatic carbocycles. The molecule has 1 aromatic heterocycles. The van der Waals surface area contributed by atoms with Gasteiger partial charge < -0.3 is 10.4 Å². The SMILES string of the molecule is CC(C(=O)Nc1cccc2ncccc12)N1CC=C(c2ccc(O)cc2)CC1. The Hall–Kier alpha value is -3.18. The van der Waals surface area contributed by atoms with Crippen LogP contribution in [0.5, 0.6) is 5.75 Å². The molecule has 1 amide bonds. The molecule has 3 aromatic rings. The highest BCUT2D eigenvalue weighted by Gasteiger charge is 2.24. The minimum Gasteiger partial charge on any atom is -0.508 e. The van der Waals surface area contributed by atoms with E-state index in [0.717, 1.165) is 41.7 Å². The number of nitrogens with one attached hydrogen (secondary N) is 1. The Balaban J connectivity index is 1.44. The summed E-state index contributed by atoms with van der Waals surface area (Å²) in [5.74, 6) is 0.258. The van der Waals surface area contributed by atoms with Gasteiger partial charge in [-0.15, -0.1) is 0 Å². The quantitative estimate of drug-likeness (QED) is 0.724. The molecule has 1 unspecified atom stereocenters. The number of hydrogen-bond donors (Lipinski definition) is 2. The van der Waals surface area contributed by atoms with Crippen LogP contribution in [0.2, 0.25) is 0 Å². The zero-order valence-corrected chi connectivity index (χ0v) is 15.8. The molecule has 0 saturated carbocycles. The van der Waals surface area contributed by atoms with Crippen molar-refractivity contribution in [1.29, 1.82) is 0 Å². The van der Waals surface area contributed by atoms with Crippen LogP contribution in [0, 0.1) is 0 Å². The molecule has 0 bridgehead atoms. The summed E-state index contributed by atoms with van der Waals surface area (Å²) >= 11 is 0. The lowest BCUT2D eigenvalue weighted by molar-refractivity contribution is -0.120. The second kappa shape index (κ2) is 7.82. The van der Waals surface area contributed by atoms with Crippen LogP contribution in [0.15, 0.2) is 66.9 Å². The van der Waals surface area contributed by atoms with Crippen LogP contribution in [-0.2, 0) is 4.79 Å². The van der Waals surface area contributed by atoms with Crippen molar-refractivity contribution >= 4 is 28.1 Å². The van der Waals surface area contributed by atoms with Crippen LogP contribution < -0.4 is 5.32 Å². The van der Waals surface area contributed by atoms with E-state index in [-0.39, 0.29) is 17.7 Å². The second-order valence-electron chi connectivity index (χ2n) is 7.06. The van der Waals surface area contributed by atoms with Gasteiger partial charge >= 0.3 is 0 Å². The molecule has 2 heterocycles. The van der Waals surface area contributed by atoms with Crippen molar-refractivity contribution < 1.29 is 9.90 Å². The predicted molar refractivity (Wildman–Crippen MR) is 112 cm³/mol. The number of pyridine rings is 1. The van der Waals surface area contributed by atoms with Gasteiger partial charge in [0.25, 0.3) is 0 Å². The molecule has 2 N–H and O–H groups in total. The molecular weight excluding hydrogens is 350 g/mol. The van der Waals surface area contributed by atoms with Crippen molar-refractivity contribution in [2.24, 2.45) is 0 Å². The molecule has 0 fully saturated rings.